The van der Waals surface area contributed by atoms with E-state index in [1.54, 1.807) is 4.99 Å². The van der Waals surface area contributed by atoms with Gasteiger partial charge in [0.15, 0.2) is 11.9 Å². The number of hydrogen-bond acceptors (Lipinski definition) is 6. The van der Waals surface area contributed by atoms with Crippen LogP contribution in [-0.4, -0.2) is 73.1 Å². The molecule has 0 spiro atoms. The molecule has 3 aliphatic rings. The lowest BCUT2D eigenvalue weighted by molar-refractivity contribution is -0.156. The van der Waals surface area contributed by atoms with Gasteiger partial charge in [0.1, 0.15) is 18.0 Å². The first kappa shape index (κ1) is 15.7. The lowest BCUT2D eigenvalue weighted by Crippen LogP contribution is -2.51. The molecule has 21 heavy (non-hydrogen) atoms. The quantitative estimate of drug-likeness (QED) is 0.784. The Kier molecular flexibility index (Phi) is 4.59. The lowest BCUT2D eigenvalue weighted by atomic mass is 10.0. The van der Waals surface area contributed by atoms with E-state index in [4.69, 9.17) is 18.9 Å². The van der Waals surface area contributed by atoms with Crippen LogP contribution in [0.25, 0.3) is 0 Å². The van der Waals surface area contributed by atoms with Crippen LogP contribution in [-0.2, 0) is 18.9 Å². The monoisotopic (exact) mass is 363 g/mol. The van der Waals surface area contributed by atoms with Gasteiger partial charge in [-0.25, -0.2) is 0 Å². The van der Waals surface area contributed by atoms with Crippen molar-refractivity contribution in [3.63, 3.8) is 0 Å². The Labute approximate surface area is 133 Å². The first-order valence-corrected chi connectivity index (χ1v) is 8.22. The normalized spacial score (nSPS) is 42.4. The Hall–Kier alpha value is -0.180. The molecule has 3 fully saturated rings. The minimum Gasteiger partial charge on any atom is -0.487 e. The van der Waals surface area contributed by atoms with E-state index in [1.807, 2.05) is 13.8 Å². The molecule has 0 aromatic heterocycles. The number of morpholine rings is 1. The zero-order valence-electron chi connectivity index (χ0n) is 12.3. The van der Waals surface area contributed by atoms with Gasteiger partial charge in [-0.1, -0.05) is 15.9 Å². The second-order valence-electron chi connectivity index (χ2n) is 6.04. The van der Waals surface area contributed by atoms with Gasteiger partial charge in [-0.15, -0.1) is 0 Å². The molecule has 3 aliphatic heterocycles. The smallest absolute Gasteiger partial charge is 0.163 e. The highest BCUT2D eigenvalue weighted by molar-refractivity contribution is 9.11. The first-order valence-electron chi connectivity index (χ1n) is 7.30. The Balaban J connectivity index is 1.73. The second-order valence-corrected chi connectivity index (χ2v) is 6.50. The van der Waals surface area contributed by atoms with Gasteiger partial charge in [0.25, 0.3) is 0 Å². The van der Waals surface area contributed by atoms with E-state index in [0.717, 1.165) is 18.8 Å². The molecule has 3 heterocycles. The zero-order chi connectivity index (χ0) is 15.0. The molecule has 0 saturated carbocycles. The molecule has 4 atom stereocenters. The van der Waals surface area contributed by atoms with Crippen molar-refractivity contribution < 1.29 is 24.1 Å². The van der Waals surface area contributed by atoms with Gasteiger partial charge in [0.2, 0.25) is 0 Å². The van der Waals surface area contributed by atoms with Crippen molar-refractivity contribution in [1.82, 2.24) is 4.90 Å². The van der Waals surface area contributed by atoms with Crippen LogP contribution in [0.2, 0.25) is 0 Å². The third-order valence-corrected chi connectivity index (χ3v) is 4.62. The van der Waals surface area contributed by atoms with E-state index in [9.17, 15) is 5.11 Å². The SMILES string of the molecule is CC1(C)OC[C@H]([C@H]2O/C(=C\Br)[C@H](N3CCOCC3)[C@H]2O)O1. The fourth-order valence-corrected chi connectivity index (χ4v) is 3.54. The van der Waals surface area contributed by atoms with Crippen molar-refractivity contribution in [3.8, 4) is 0 Å². The summed E-state index contributed by atoms with van der Waals surface area (Å²) in [6.45, 7) is 7.11. The fourth-order valence-electron chi connectivity index (χ4n) is 3.16. The summed E-state index contributed by atoms with van der Waals surface area (Å²) < 4.78 is 22.7. The van der Waals surface area contributed by atoms with Crippen LogP contribution < -0.4 is 0 Å². The Morgan fingerprint density at radius 1 is 1.33 bits per heavy atom. The first-order chi connectivity index (χ1) is 10.0. The van der Waals surface area contributed by atoms with Crippen LogP contribution in [0.5, 0.6) is 0 Å². The van der Waals surface area contributed by atoms with Crippen molar-refractivity contribution in [2.75, 3.05) is 32.9 Å². The van der Waals surface area contributed by atoms with Gasteiger partial charge in [-0.05, 0) is 13.8 Å². The van der Waals surface area contributed by atoms with Crippen LogP contribution in [0, 0.1) is 0 Å². The molecule has 0 bridgehead atoms. The average Bonchev–Trinajstić information content (AvgIpc) is 2.99. The number of ether oxygens (including phenoxy) is 4. The molecule has 120 valence electrons. The third-order valence-electron chi connectivity index (χ3n) is 4.17. The molecule has 7 heteroatoms. The molecule has 0 amide bonds. The van der Waals surface area contributed by atoms with Gasteiger partial charge >= 0.3 is 0 Å². The molecular formula is C14H22BrNO5. The summed E-state index contributed by atoms with van der Waals surface area (Å²) in [7, 11) is 0. The van der Waals surface area contributed by atoms with Crippen LogP contribution in [0.1, 0.15) is 13.8 Å². The van der Waals surface area contributed by atoms with Gasteiger partial charge in [-0.3, -0.25) is 4.90 Å². The molecule has 6 nitrogen and oxygen atoms in total. The van der Waals surface area contributed by atoms with Gasteiger partial charge in [0, 0.05) is 18.1 Å². The predicted molar refractivity (Wildman–Crippen MR) is 79.0 cm³/mol. The van der Waals surface area contributed by atoms with E-state index in [2.05, 4.69) is 20.8 Å². The second kappa shape index (κ2) is 6.14. The summed E-state index contributed by atoms with van der Waals surface area (Å²) in [5.74, 6) is 0.117. The highest BCUT2D eigenvalue weighted by Gasteiger charge is 2.51. The van der Waals surface area contributed by atoms with Gasteiger partial charge in [0.05, 0.1) is 25.9 Å². The van der Waals surface area contributed by atoms with E-state index >= 15 is 0 Å². The maximum absolute atomic E-state index is 10.7. The summed E-state index contributed by atoms with van der Waals surface area (Å²) in [6.07, 6.45) is -1.32. The maximum atomic E-state index is 10.7. The Morgan fingerprint density at radius 2 is 2.05 bits per heavy atom. The average molecular weight is 364 g/mol. The molecule has 0 aromatic carbocycles. The summed E-state index contributed by atoms with van der Waals surface area (Å²) in [4.78, 5) is 3.94. The standard InChI is InChI=1S/C14H22BrNO5/c1-14(2)19-8-10(21-14)13-12(17)11(9(7-15)20-13)16-3-5-18-6-4-16/h7,10-13,17H,3-6,8H2,1-2H3/b9-7-/t10-,11+,12-,13-/m1/s1. The maximum Gasteiger partial charge on any atom is 0.163 e. The summed E-state index contributed by atoms with van der Waals surface area (Å²) in [5.41, 5.74) is 0. The minimum absolute atomic E-state index is 0.161. The van der Waals surface area contributed by atoms with Crippen LogP contribution in [0.3, 0.4) is 0 Å². The molecule has 3 saturated heterocycles. The van der Waals surface area contributed by atoms with E-state index in [0.29, 0.717) is 19.8 Å². The number of halogens is 1. The van der Waals surface area contributed by atoms with Crippen molar-refractivity contribution in [2.24, 2.45) is 0 Å². The van der Waals surface area contributed by atoms with Crippen molar-refractivity contribution >= 4 is 15.9 Å². The largest absolute Gasteiger partial charge is 0.487 e. The van der Waals surface area contributed by atoms with E-state index in [-0.39, 0.29) is 12.1 Å². The summed E-state index contributed by atoms with van der Waals surface area (Å²) >= 11 is 3.34. The molecule has 1 N–H and O–H groups in total. The molecule has 0 aliphatic carbocycles. The highest BCUT2D eigenvalue weighted by atomic mass is 79.9. The van der Waals surface area contributed by atoms with Gasteiger partial charge < -0.3 is 24.1 Å². The predicted octanol–water partition coefficient (Wildman–Crippen LogP) is 0.835. The Morgan fingerprint density at radius 3 is 2.62 bits per heavy atom. The van der Waals surface area contributed by atoms with Crippen molar-refractivity contribution in [2.45, 2.75) is 44.0 Å². The van der Waals surface area contributed by atoms with E-state index in [1.165, 1.54) is 0 Å². The molecule has 0 aromatic rings. The van der Waals surface area contributed by atoms with Gasteiger partial charge in [-0.2, -0.15) is 0 Å². The molecule has 0 radical (unpaired) electrons. The highest BCUT2D eigenvalue weighted by Crippen LogP contribution is 2.36. The zero-order valence-corrected chi connectivity index (χ0v) is 13.9. The molecule has 3 rings (SSSR count). The van der Waals surface area contributed by atoms with Crippen LogP contribution in [0.15, 0.2) is 10.7 Å². The van der Waals surface area contributed by atoms with Crippen LogP contribution >= 0.6 is 15.9 Å². The Bertz CT molecular complexity index is 410. The van der Waals surface area contributed by atoms with E-state index < -0.39 is 18.0 Å². The molecule has 0 unspecified atom stereocenters. The summed E-state index contributed by atoms with van der Waals surface area (Å²) in [6, 6.07) is -0.161. The third kappa shape index (κ3) is 3.13. The number of nitrogens with zero attached hydrogens (tertiary/aromatic N) is 1. The van der Waals surface area contributed by atoms with Crippen LogP contribution in [0.4, 0.5) is 0 Å². The number of aliphatic hydroxyl groups excluding tert-OH is 1. The fraction of sp³-hybridized carbons (Fsp3) is 0.857. The minimum atomic E-state index is -0.644. The van der Waals surface area contributed by atoms with Crippen molar-refractivity contribution in [1.29, 1.82) is 0 Å². The molecular weight excluding hydrogens is 342 g/mol. The number of hydrogen-bond donors (Lipinski definition) is 1. The topological polar surface area (TPSA) is 60.4 Å². The number of aliphatic hydroxyl groups is 1. The summed E-state index contributed by atoms with van der Waals surface area (Å²) in [5, 5.41) is 10.7. The van der Waals surface area contributed by atoms with Crippen molar-refractivity contribution in [3.05, 3.63) is 10.7 Å². The number of rotatable bonds is 2. The lowest BCUT2D eigenvalue weighted by Gasteiger charge is -2.33.